The molecule has 0 radical (unpaired) electrons. The lowest BCUT2D eigenvalue weighted by atomic mass is 9.87. The van der Waals surface area contributed by atoms with Crippen LogP contribution in [0.2, 0.25) is 0 Å². The molecule has 1 aliphatic rings. The van der Waals surface area contributed by atoms with Gasteiger partial charge in [0.15, 0.2) is 11.9 Å². The summed E-state index contributed by atoms with van der Waals surface area (Å²) in [5.74, 6) is -1.08. The highest BCUT2D eigenvalue weighted by Gasteiger charge is 2.27. The van der Waals surface area contributed by atoms with Crippen molar-refractivity contribution in [3.8, 4) is 0 Å². The lowest BCUT2D eigenvalue weighted by Gasteiger charge is -2.24. The van der Waals surface area contributed by atoms with Crippen molar-refractivity contribution in [2.24, 2.45) is 17.3 Å². The van der Waals surface area contributed by atoms with Crippen LogP contribution in [0.1, 0.15) is 53.4 Å². The van der Waals surface area contributed by atoms with Gasteiger partial charge >= 0.3 is 5.97 Å². The smallest absolute Gasteiger partial charge is 0.332 e. The van der Waals surface area contributed by atoms with Crippen molar-refractivity contribution in [1.29, 1.82) is 0 Å². The van der Waals surface area contributed by atoms with Crippen LogP contribution in [0.3, 0.4) is 0 Å². The maximum absolute atomic E-state index is 12.1. The minimum Gasteiger partial charge on any atom is -0.479 e. The fourth-order valence-corrected chi connectivity index (χ4v) is 2.86. The summed E-state index contributed by atoms with van der Waals surface area (Å²) in [6, 6.07) is 0. The van der Waals surface area contributed by atoms with Gasteiger partial charge in [-0.05, 0) is 51.0 Å². The predicted molar refractivity (Wildman–Crippen MR) is 106 cm³/mol. The van der Waals surface area contributed by atoms with Gasteiger partial charge in [-0.15, -0.1) is 0 Å². The quantitative estimate of drug-likeness (QED) is 0.503. The van der Waals surface area contributed by atoms with E-state index in [1.54, 1.807) is 6.08 Å². The van der Waals surface area contributed by atoms with E-state index in [-0.39, 0.29) is 35.6 Å². The Kier molecular flexibility index (Phi) is 9.67. The van der Waals surface area contributed by atoms with E-state index in [0.29, 0.717) is 19.4 Å². The zero-order valence-corrected chi connectivity index (χ0v) is 16.9. The minimum absolute atomic E-state index is 0.0491. The minimum atomic E-state index is -1.33. The van der Waals surface area contributed by atoms with Crippen molar-refractivity contribution in [2.45, 2.75) is 65.6 Å². The van der Waals surface area contributed by atoms with Gasteiger partial charge in [0.2, 0.25) is 0 Å². The number of carbonyl (C=O) groups is 2. The molecule has 1 unspecified atom stereocenters. The van der Waals surface area contributed by atoms with Crippen LogP contribution in [0.4, 0.5) is 0 Å². The van der Waals surface area contributed by atoms with Crippen LogP contribution < -0.4 is 0 Å². The fraction of sp³-hybridized carbons (Fsp3) is 0.636. The zero-order valence-electron chi connectivity index (χ0n) is 16.9. The molecule has 0 fully saturated rings. The van der Waals surface area contributed by atoms with Gasteiger partial charge in [-0.2, -0.15) is 0 Å². The molecule has 5 heteroatoms. The molecule has 0 spiro atoms. The summed E-state index contributed by atoms with van der Waals surface area (Å²) in [7, 11) is 0. The van der Waals surface area contributed by atoms with Crippen molar-refractivity contribution in [2.75, 3.05) is 6.61 Å². The Hall–Kier alpha value is -1.72. The van der Waals surface area contributed by atoms with Gasteiger partial charge in [0.1, 0.15) is 0 Å². The lowest BCUT2D eigenvalue weighted by Crippen LogP contribution is -2.21. The van der Waals surface area contributed by atoms with Crippen molar-refractivity contribution in [3.05, 3.63) is 36.5 Å². The molecular weight excluding hydrogens is 344 g/mol. The highest BCUT2D eigenvalue weighted by atomic mass is 16.5. The monoisotopic (exact) mass is 378 g/mol. The number of carboxylic acids is 1. The molecule has 0 amide bonds. The number of aliphatic hydroxyl groups is 1. The molecular formula is C22H34O5. The number of aliphatic carboxylic acids is 1. The molecule has 27 heavy (non-hydrogen) atoms. The van der Waals surface area contributed by atoms with Crippen molar-refractivity contribution < 1.29 is 24.5 Å². The third kappa shape index (κ3) is 9.16. The summed E-state index contributed by atoms with van der Waals surface area (Å²) in [4.78, 5) is 22.7. The second kappa shape index (κ2) is 11.2. The third-order valence-electron chi connectivity index (χ3n) is 4.60. The highest BCUT2D eigenvalue weighted by Crippen LogP contribution is 2.29. The molecule has 0 aliphatic heterocycles. The highest BCUT2D eigenvalue weighted by molar-refractivity contribution is 5.95. The largest absolute Gasteiger partial charge is 0.479 e. The normalized spacial score (nSPS) is 21.8. The summed E-state index contributed by atoms with van der Waals surface area (Å²) >= 11 is 0. The zero-order chi connectivity index (χ0) is 20.4. The molecule has 0 aromatic heterocycles. The van der Waals surface area contributed by atoms with Crippen molar-refractivity contribution >= 4 is 11.8 Å². The number of carboxylic acid groups (broad SMARTS) is 1. The van der Waals surface area contributed by atoms with E-state index >= 15 is 0 Å². The molecule has 1 aliphatic carbocycles. The SMILES string of the molecule is CC(C)OCC(C)(C)CC=C[C@H]1C=CC(=O)[C@@H]1CC=CCCC(O)C(=O)O. The first kappa shape index (κ1) is 23.3. The van der Waals surface area contributed by atoms with Crippen LogP contribution >= 0.6 is 0 Å². The first-order valence-corrected chi connectivity index (χ1v) is 9.68. The number of allylic oxidation sites excluding steroid dienone is 6. The Morgan fingerprint density at radius 1 is 1.30 bits per heavy atom. The topological polar surface area (TPSA) is 83.8 Å². The Balaban J connectivity index is 2.47. The summed E-state index contributed by atoms with van der Waals surface area (Å²) in [5, 5.41) is 17.9. The molecule has 2 N–H and O–H groups in total. The van der Waals surface area contributed by atoms with Gasteiger partial charge in [0, 0.05) is 11.8 Å². The molecule has 3 atom stereocenters. The van der Waals surface area contributed by atoms with Gasteiger partial charge in [-0.3, -0.25) is 4.79 Å². The number of ether oxygens (including phenoxy) is 1. The number of hydrogen-bond acceptors (Lipinski definition) is 4. The van der Waals surface area contributed by atoms with Gasteiger partial charge < -0.3 is 14.9 Å². The molecule has 0 saturated heterocycles. The molecule has 0 aromatic rings. The van der Waals surface area contributed by atoms with Crippen LogP contribution in [-0.4, -0.2) is 40.8 Å². The maximum atomic E-state index is 12.1. The first-order chi connectivity index (χ1) is 12.6. The third-order valence-corrected chi connectivity index (χ3v) is 4.60. The van der Waals surface area contributed by atoms with Crippen molar-refractivity contribution in [1.82, 2.24) is 0 Å². The number of rotatable bonds is 12. The van der Waals surface area contributed by atoms with Crippen LogP contribution in [0.15, 0.2) is 36.5 Å². The molecule has 0 bridgehead atoms. The van der Waals surface area contributed by atoms with E-state index in [1.165, 1.54) is 0 Å². The molecule has 152 valence electrons. The molecule has 0 saturated carbocycles. The van der Waals surface area contributed by atoms with E-state index < -0.39 is 12.1 Å². The Labute approximate surface area is 162 Å². The second-order valence-electron chi connectivity index (χ2n) is 8.24. The van der Waals surface area contributed by atoms with Crippen molar-refractivity contribution in [3.63, 3.8) is 0 Å². The number of aliphatic hydroxyl groups excluding tert-OH is 1. The Morgan fingerprint density at radius 3 is 2.63 bits per heavy atom. The molecule has 0 heterocycles. The van der Waals surface area contributed by atoms with Crippen LogP contribution in [0.5, 0.6) is 0 Å². The molecule has 0 aromatic carbocycles. The number of hydrogen-bond donors (Lipinski definition) is 2. The summed E-state index contributed by atoms with van der Waals surface area (Å²) in [6.07, 6.45) is 12.6. The average Bonchev–Trinajstić information content (AvgIpc) is 2.92. The standard InChI is InChI=1S/C22H34O5/c1-16(2)27-15-22(3,4)14-8-9-17-12-13-19(23)18(17)10-6-5-7-11-20(24)21(25)26/h5-6,8-9,12-13,16-18,20,24H,7,10-11,14-15H2,1-4H3,(H,25,26)/t17-,18+,20?/m0/s1. The van der Waals surface area contributed by atoms with Crippen LogP contribution in [-0.2, 0) is 14.3 Å². The van der Waals surface area contributed by atoms with E-state index in [1.807, 2.05) is 32.1 Å². The molecule has 1 rings (SSSR count). The predicted octanol–water partition coefficient (Wildman–Crippen LogP) is 3.93. The second-order valence-corrected chi connectivity index (χ2v) is 8.24. The lowest BCUT2D eigenvalue weighted by molar-refractivity contribution is -0.146. The van der Waals surface area contributed by atoms with Gasteiger partial charge in [0.25, 0.3) is 0 Å². The fourth-order valence-electron chi connectivity index (χ4n) is 2.86. The molecule has 5 nitrogen and oxygen atoms in total. The number of ketones is 1. The van der Waals surface area contributed by atoms with Crippen LogP contribution in [0.25, 0.3) is 0 Å². The van der Waals surface area contributed by atoms with E-state index in [4.69, 9.17) is 9.84 Å². The van der Waals surface area contributed by atoms with E-state index in [9.17, 15) is 14.7 Å². The Morgan fingerprint density at radius 2 is 2.00 bits per heavy atom. The van der Waals surface area contributed by atoms with E-state index in [2.05, 4.69) is 26.0 Å². The first-order valence-electron chi connectivity index (χ1n) is 9.68. The van der Waals surface area contributed by atoms with E-state index in [0.717, 1.165) is 6.42 Å². The number of carbonyl (C=O) groups excluding carboxylic acids is 1. The summed E-state index contributed by atoms with van der Waals surface area (Å²) in [6.45, 7) is 9.09. The van der Waals surface area contributed by atoms with Crippen LogP contribution in [0, 0.1) is 17.3 Å². The summed E-state index contributed by atoms with van der Waals surface area (Å²) < 4.78 is 5.71. The average molecular weight is 379 g/mol. The Bertz CT molecular complexity index is 571. The van der Waals surface area contributed by atoms with Gasteiger partial charge in [0.05, 0.1) is 12.7 Å². The maximum Gasteiger partial charge on any atom is 0.332 e. The van der Waals surface area contributed by atoms with Gasteiger partial charge in [-0.1, -0.05) is 44.2 Å². The van der Waals surface area contributed by atoms with Gasteiger partial charge in [-0.25, -0.2) is 4.79 Å². The summed E-state index contributed by atoms with van der Waals surface area (Å²) in [5.41, 5.74) is 0.0491.